The number of H-pyrrole nitrogens is 1. The average molecular weight is 441 g/mol. The Morgan fingerprint density at radius 1 is 1.19 bits per heavy atom. The minimum Gasteiger partial charge on any atom is -0.492 e. The van der Waals surface area contributed by atoms with Gasteiger partial charge in [0.15, 0.2) is 0 Å². The highest BCUT2D eigenvalue weighted by molar-refractivity contribution is 6.30. The van der Waals surface area contributed by atoms with Crippen molar-refractivity contribution >= 4 is 17.5 Å². The van der Waals surface area contributed by atoms with Crippen molar-refractivity contribution in [3.63, 3.8) is 0 Å². The Morgan fingerprint density at radius 2 is 2.00 bits per heavy atom. The molecule has 4 rings (SSSR count). The number of carbonyl (C=O) groups is 1. The van der Waals surface area contributed by atoms with Gasteiger partial charge in [0.1, 0.15) is 12.4 Å². The predicted octanol–water partition coefficient (Wildman–Crippen LogP) is 3.37. The SMILES string of the molecule is O=C(NCc1cccc(OCCN2CCOCC2)c1)c1cn[nH]c1-c1ccc(Cl)cc1. The number of nitrogens with zero attached hydrogens (tertiary/aromatic N) is 2. The Labute approximate surface area is 186 Å². The average Bonchev–Trinajstić information content (AvgIpc) is 3.29. The predicted molar refractivity (Wildman–Crippen MR) is 119 cm³/mol. The topological polar surface area (TPSA) is 79.5 Å². The number of nitrogens with one attached hydrogen (secondary N) is 2. The van der Waals surface area contributed by atoms with Crippen LogP contribution < -0.4 is 10.1 Å². The zero-order chi connectivity index (χ0) is 21.5. The third kappa shape index (κ3) is 5.85. The van der Waals surface area contributed by atoms with E-state index in [1.807, 2.05) is 36.4 Å². The summed E-state index contributed by atoms with van der Waals surface area (Å²) in [6.45, 7) is 5.35. The quantitative estimate of drug-likeness (QED) is 0.561. The first-order valence-corrected chi connectivity index (χ1v) is 10.7. The molecule has 8 heteroatoms. The second kappa shape index (κ2) is 10.4. The fraction of sp³-hybridized carbons (Fsp3) is 0.304. The molecule has 31 heavy (non-hydrogen) atoms. The molecule has 1 amide bonds. The highest BCUT2D eigenvalue weighted by atomic mass is 35.5. The van der Waals surface area contributed by atoms with Gasteiger partial charge in [-0.25, -0.2) is 0 Å². The number of morpholine rings is 1. The molecule has 1 fully saturated rings. The van der Waals surface area contributed by atoms with Crippen molar-refractivity contribution < 1.29 is 14.3 Å². The van der Waals surface area contributed by atoms with E-state index in [1.165, 1.54) is 6.20 Å². The zero-order valence-electron chi connectivity index (χ0n) is 17.1. The molecular weight excluding hydrogens is 416 g/mol. The van der Waals surface area contributed by atoms with E-state index in [9.17, 15) is 4.79 Å². The number of hydrogen-bond acceptors (Lipinski definition) is 5. The molecule has 0 bridgehead atoms. The van der Waals surface area contributed by atoms with Crippen molar-refractivity contribution in [1.82, 2.24) is 20.4 Å². The molecule has 0 aliphatic carbocycles. The fourth-order valence-electron chi connectivity index (χ4n) is 3.44. The molecule has 2 N–H and O–H groups in total. The molecule has 2 aromatic carbocycles. The molecule has 0 unspecified atom stereocenters. The summed E-state index contributed by atoms with van der Waals surface area (Å²) in [5, 5.41) is 10.5. The van der Waals surface area contributed by atoms with Gasteiger partial charge in [-0.15, -0.1) is 0 Å². The number of ether oxygens (including phenoxy) is 2. The van der Waals surface area contributed by atoms with Crippen LogP contribution in [0.25, 0.3) is 11.3 Å². The standard InChI is InChI=1S/C23H25ClN4O3/c24-19-6-4-18(5-7-19)22-21(16-26-27-22)23(29)25-15-17-2-1-3-20(14-17)31-13-10-28-8-11-30-12-9-28/h1-7,14,16H,8-13,15H2,(H,25,29)(H,26,27). The van der Waals surface area contributed by atoms with Gasteiger partial charge in [0, 0.05) is 36.8 Å². The van der Waals surface area contributed by atoms with Gasteiger partial charge in [0.25, 0.3) is 5.91 Å². The van der Waals surface area contributed by atoms with Crippen LogP contribution in [0.5, 0.6) is 5.75 Å². The van der Waals surface area contributed by atoms with E-state index in [0.29, 0.717) is 29.4 Å². The summed E-state index contributed by atoms with van der Waals surface area (Å²) in [4.78, 5) is 15.1. The van der Waals surface area contributed by atoms with Crippen LogP contribution in [0, 0.1) is 0 Å². The van der Waals surface area contributed by atoms with E-state index < -0.39 is 0 Å². The normalized spacial score (nSPS) is 14.4. The van der Waals surface area contributed by atoms with E-state index in [1.54, 1.807) is 12.1 Å². The number of benzene rings is 2. The smallest absolute Gasteiger partial charge is 0.255 e. The summed E-state index contributed by atoms with van der Waals surface area (Å²) in [6, 6.07) is 15.0. The van der Waals surface area contributed by atoms with E-state index >= 15 is 0 Å². The first-order chi connectivity index (χ1) is 15.2. The van der Waals surface area contributed by atoms with Crippen molar-refractivity contribution in [3.8, 4) is 17.0 Å². The molecular formula is C23H25ClN4O3. The third-order valence-electron chi connectivity index (χ3n) is 5.15. The Balaban J connectivity index is 1.31. The van der Waals surface area contributed by atoms with Gasteiger partial charge in [-0.05, 0) is 29.8 Å². The molecule has 1 aromatic heterocycles. The van der Waals surface area contributed by atoms with E-state index in [-0.39, 0.29) is 5.91 Å². The van der Waals surface area contributed by atoms with Crippen LogP contribution in [0.4, 0.5) is 0 Å². The molecule has 2 heterocycles. The summed E-state index contributed by atoms with van der Waals surface area (Å²) in [7, 11) is 0. The van der Waals surface area contributed by atoms with Crippen molar-refractivity contribution in [2.24, 2.45) is 0 Å². The summed E-state index contributed by atoms with van der Waals surface area (Å²) in [5.41, 5.74) is 2.96. The van der Waals surface area contributed by atoms with Crippen LogP contribution >= 0.6 is 11.6 Å². The lowest BCUT2D eigenvalue weighted by Crippen LogP contribution is -2.38. The van der Waals surface area contributed by atoms with Crippen LogP contribution in [0.1, 0.15) is 15.9 Å². The fourth-order valence-corrected chi connectivity index (χ4v) is 3.56. The van der Waals surface area contributed by atoms with Crippen LogP contribution in [0.3, 0.4) is 0 Å². The van der Waals surface area contributed by atoms with Gasteiger partial charge in [-0.2, -0.15) is 5.10 Å². The largest absolute Gasteiger partial charge is 0.492 e. The summed E-state index contributed by atoms with van der Waals surface area (Å²) < 4.78 is 11.3. The number of carbonyl (C=O) groups excluding carboxylic acids is 1. The molecule has 1 saturated heterocycles. The first-order valence-electron chi connectivity index (χ1n) is 10.3. The molecule has 1 aliphatic rings. The highest BCUT2D eigenvalue weighted by Crippen LogP contribution is 2.23. The van der Waals surface area contributed by atoms with E-state index in [0.717, 1.165) is 49.7 Å². The van der Waals surface area contributed by atoms with E-state index in [2.05, 4.69) is 20.4 Å². The van der Waals surface area contributed by atoms with Crippen molar-refractivity contribution in [2.75, 3.05) is 39.5 Å². The van der Waals surface area contributed by atoms with Crippen LogP contribution in [0.15, 0.2) is 54.7 Å². The molecule has 0 radical (unpaired) electrons. The highest BCUT2D eigenvalue weighted by Gasteiger charge is 2.15. The van der Waals surface area contributed by atoms with Gasteiger partial charge < -0.3 is 14.8 Å². The van der Waals surface area contributed by atoms with Crippen LogP contribution in [-0.4, -0.2) is 60.5 Å². The molecule has 1 aliphatic heterocycles. The number of aromatic nitrogens is 2. The minimum atomic E-state index is -0.197. The van der Waals surface area contributed by atoms with Gasteiger partial charge in [0.05, 0.1) is 30.7 Å². The van der Waals surface area contributed by atoms with E-state index in [4.69, 9.17) is 21.1 Å². The maximum Gasteiger partial charge on any atom is 0.255 e. The summed E-state index contributed by atoms with van der Waals surface area (Å²) >= 11 is 5.95. The molecule has 3 aromatic rings. The second-order valence-electron chi connectivity index (χ2n) is 7.30. The lowest BCUT2D eigenvalue weighted by molar-refractivity contribution is 0.0322. The minimum absolute atomic E-state index is 0.197. The van der Waals surface area contributed by atoms with Crippen molar-refractivity contribution in [2.45, 2.75) is 6.54 Å². The molecule has 0 spiro atoms. The summed E-state index contributed by atoms with van der Waals surface area (Å²) in [6.07, 6.45) is 1.53. The number of hydrogen-bond donors (Lipinski definition) is 2. The number of rotatable bonds is 8. The summed E-state index contributed by atoms with van der Waals surface area (Å²) in [5.74, 6) is 0.600. The monoisotopic (exact) mass is 440 g/mol. The maximum atomic E-state index is 12.7. The third-order valence-corrected chi connectivity index (χ3v) is 5.40. The Bertz CT molecular complexity index is 1000. The zero-order valence-corrected chi connectivity index (χ0v) is 17.9. The van der Waals surface area contributed by atoms with Gasteiger partial charge in [-0.1, -0.05) is 35.9 Å². The lowest BCUT2D eigenvalue weighted by atomic mass is 10.1. The number of halogens is 1. The molecule has 162 valence electrons. The van der Waals surface area contributed by atoms with Gasteiger partial charge >= 0.3 is 0 Å². The Hall–Kier alpha value is -2.87. The Morgan fingerprint density at radius 3 is 2.81 bits per heavy atom. The maximum absolute atomic E-state index is 12.7. The lowest BCUT2D eigenvalue weighted by Gasteiger charge is -2.26. The molecule has 0 atom stereocenters. The second-order valence-corrected chi connectivity index (χ2v) is 7.73. The number of aromatic amines is 1. The van der Waals surface area contributed by atoms with Crippen LogP contribution in [-0.2, 0) is 11.3 Å². The van der Waals surface area contributed by atoms with Crippen molar-refractivity contribution in [3.05, 3.63) is 70.9 Å². The molecule has 0 saturated carbocycles. The van der Waals surface area contributed by atoms with Gasteiger partial charge in [-0.3, -0.25) is 14.8 Å². The van der Waals surface area contributed by atoms with Crippen LogP contribution in [0.2, 0.25) is 5.02 Å². The first kappa shape index (κ1) is 21.4. The number of amides is 1. The Kier molecular flexibility index (Phi) is 7.19. The van der Waals surface area contributed by atoms with Gasteiger partial charge in [0.2, 0.25) is 0 Å². The molecule has 7 nitrogen and oxygen atoms in total. The van der Waals surface area contributed by atoms with Crippen molar-refractivity contribution in [1.29, 1.82) is 0 Å².